The van der Waals surface area contributed by atoms with E-state index < -0.39 is 0 Å². The Kier molecular flexibility index (Phi) is 15.2. The minimum absolute atomic E-state index is 0.116. The number of nitrogens with one attached hydrogen (secondary N) is 2. The molecule has 8 aromatic rings. The summed E-state index contributed by atoms with van der Waals surface area (Å²) in [5.41, 5.74) is 6.87. The molecular weight excluding hydrogens is 815 g/mol. The fourth-order valence-corrected chi connectivity index (χ4v) is 8.00. The van der Waals surface area contributed by atoms with Crippen molar-refractivity contribution in [3.05, 3.63) is 204 Å². The number of rotatable bonds is 15. The van der Waals surface area contributed by atoms with E-state index in [9.17, 15) is 18.4 Å². The smallest absolute Gasteiger partial charge is 0.270 e. The van der Waals surface area contributed by atoms with Gasteiger partial charge in [0.25, 0.3) is 11.8 Å². The molecule has 10 heteroatoms. The Morgan fingerprint density at radius 3 is 1.34 bits per heavy atom. The lowest BCUT2D eigenvalue weighted by Gasteiger charge is -2.20. The quantitative estimate of drug-likeness (QED) is 0.107. The van der Waals surface area contributed by atoms with Crippen LogP contribution in [0.1, 0.15) is 91.1 Å². The third-order valence-electron chi connectivity index (χ3n) is 11.3. The lowest BCUT2D eigenvalue weighted by molar-refractivity contribution is 0.0919. The Bertz CT molecular complexity index is 2810. The van der Waals surface area contributed by atoms with E-state index in [0.717, 1.165) is 41.5 Å². The zero-order valence-electron chi connectivity index (χ0n) is 37.2. The van der Waals surface area contributed by atoms with Crippen molar-refractivity contribution >= 4 is 11.8 Å². The van der Waals surface area contributed by atoms with Crippen LogP contribution in [0.15, 0.2) is 170 Å². The summed E-state index contributed by atoms with van der Waals surface area (Å²) in [5, 5.41) is 6.34. The standard InChI is InChI=1S/C29H30FN3O.C26H24FN3O/c1-3-5-19-25(21-13-8-6-9-14-21)31-29(34)27-26(23-17-12-18-24(30)20-23)32-28(33(27)4-2)22-15-10-7-11-16-22;1-3-30-24(26(31)28-18(2)19-11-6-4-7-12-19)23(21-15-10-16-22(27)17-21)29-25(30)20-13-8-5-9-14-20/h6-18,20,25H,3-5,19H2,1-2H3,(H,31,34);4-18H,3H2,1-2H3,(H,28,31). The van der Waals surface area contributed by atoms with E-state index in [2.05, 4.69) is 17.6 Å². The number of hydrogen-bond acceptors (Lipinski definition) is 4. The van der Waals surface area contributed by atoms with Gasteiger partial charge in [-0.3, -0.25) is 9.59 Å². The largest absolute Gasteiger partial charge is 0.344 e. The van der Waals surface area contributed by atoms with Crippen LogP contribution in [0.4, 0.5) is 8.78 Å². The van der Waals surface area contributed by atoms with Crippen LogP contribution >= 0.6 is 0 Å². The maximum atomic E-state index is 14.1. The van der Waals surface area contributed by atoms with Gasteiger partial charge in [0.05, 0.1) is 12.1 Å². The molecule has 0 spiro atoms. The molecule has 2 aromatic heterocycles. The maximum absolute atomic E-state index is 14.1. The molecule has 0 aliphatic heterocycles. The lowest BCUT2D eigenvalue weighted by Crippen LogP contribution is -2.31. The van der Waals surface area contributed by atoms with E-state index in [0.29, 0.717) is 58.6 Å². The molecule has 0 saturated carbocycles. The summed E-state index contributed by atoms with van der Waals surface area (Å²) in [6.07, 6.45) is 2.88. The van der Waals surface area contributed by atoms with Crippen LogP contribution in [0.2, 0.25) is 0 Å². The Hall–Kier alpha value is -7.46. The Morgan fingerprint density at radius 2 is 0.923 bits per heavy atom. The molecule has 2 N–H and O–H groups in total. The first-order chi connectivity index (χ1) is 31.7. The molecule has 2 unspecified atom stereocenters. The molecule has 0 radical (unpaired) electrons. The molecule has 0 aliphatic carbocycles. The number of unbranched alkanes of at least 4 members (excludes halogenated alkanes) is 1. The fraction of sp³-hybridized carbons (Fsp3) is 0.200. The van der Waals surface area contributed by atoms with Gasteiger partial charge in [0.2, 0.25) is 0 Å². The lowest BCUT2D eigenvalue weighted by atomic mass is 10.0. The first kappa shape index (κ1) is 45.6. The molecular formula is C55H54F2N6O2. The second-order valence-corrected chi connectivity index (χ2v) is 15.7. The van der Waals surface area contributed by atoms with Crippen molar-refractivity contribution < 1.29 is 18.4 Å². The number of aromatic nitrogens is 4. The predicted octanol–water partition coefficient (Wildman–Crippen LogP) is 12.9. The van der Waals surface area contributed by atoms with Gasteiger partial charge in [0.1, 0.15) is 46.1 Å². The number of benzene rings is 6. The predicted molar refractivity (Wildman–Crippen MR) is 256 cm³/mol. The van der Waals surface area contributed by atoms with E-state index in [4.69, 9.17) is 9.97 Å². The molecule has 0 saturated heterocycles. The van der Waals surface area contributed by atoms with E-state index in [-0.39, 0.29) is 35.5 Å². The Labute approximate surface area is 380 Å². The van der Waals surface area contributed by atoms with Gasteiger partial charge in [0, 0.05) is 35.3 Å². The zero-order chi connectivity index (χ0) is 45.7. The van der Waals surface area contributed by atoms with Crippen LogP contribution in [-0.4, -0.2) is 30.9 Å². The van der Waals surface area contributed by atoms with Gasteiger partial charge in [-0.25, -0.2) is 18.7 Å². The number of carbonyl (C=O) groups is 2. The topological polar surface area (TPSA) is 93.8 Å². The van der Waals surface area contributed by atoms with Gasteiger partial charge in [0.15, 0.2) is 0 Å². The number of amides is 2. The molecule has 2 atom stereocenters. The zero-order valence-corrected chi connectivity index (χ0v) is 37.2. The van der Waals surface area contributed by atoms with Crippen LogP contribution in [0.5, 0.6) is 0 Å². The highest BCUT2D eigenvalue weighted by Gasteiger charge is 2.28. The van der Waals surface area contributed by atoms with Crippen LogP contribution in [-0.2, 0) is 13.1 Å². The Balaban J connectivity index is 0.000000195. The second-order valence-electron chi connectivity index (χ2n) is 15.7. The molecule has 2 heterocycles. The minimum Gasteiger partial charge on any atom is -0.344 e. The molecule has 0 aliphatic rings. The molecule has 8 rings (SSSR count). The van der Waals surface area contributed by atoms with E-state index >= 15 is 0 Å². The van der Waals surface area contributed by atoms with Gasteiger partial charge < -0.3 is 19.8 Å². The highest BCUT2D eigenvalue weighted by atomic mass is 19.1. The number of imidazole rings is 2. The molecule has 330 valence electrons. The SMILES string of the molecule is CCCCC(NC(=O)c1c(-c2cccc(F)c2)nc(-c2ccccc2)n1CC)c1ccccc1.CCn1c(-c2ccccc2)nc(-c2cccc(F)c2)c1C(=O)NC(C)c1ccccc1. The summed E-state index contributed by atoms with van der Waals surface area (Å²) < 4.78 is 31.9. The molecule has 0 fully saturated rings. The van der Waals surface area contributed by atoms with Gasteiger partial charge in [-0.1, -0.05) is 165 Å². The van der Waals surface area contributed by atoms with Crippen molar-refractivity contribution in [1.82, 2.24) is 29.7 Å². The van der Waals surface area contributed by atoms with Crippen molar-refractivity contribution in [2.75, 3.05) is 0 Å². The van der Waals surface area contributed by atoms with Crippen molar-refractivity contribution in [3.8, 4) is 45.3 Å². The summed E-state index contributed by atoms with van der Waals surface area (Å²) in [7, 11) is 0. The molecule has 65 heavy (non-hydrogen) atoms. The first-order valence-electron chi connectivity index (χ1n) is 22.3. The number of carbonyl (C=O) groups excluding carboxylic acids is 2. The van der Waals surface area contributed by atoms with Gasteiger partial charge in [-0.2, -0.15) is 0 Å². The van der Waals surface area contributed by atoms with E-state index in [1.54, 1.807) is 24.3 Å². The van der Waals surface area contributed by atoms with Gasteiger partial charge in [-0.15, -0.1) is 0 Å². The minimum atomic E-state index is -0.367. The third-order valence-corrected chi connectivity index (χ3v) is 11.3. The van der Waals surface area contributed by atoms with E-state index in [1.165, 1.54) is 24.3 Å². The van der Waals surface area contributed by atoms with Crippen molar-refractivity contribution in [2.45, 2.75) is 72.1 Å². The van der Waals surface area contributed by atoms with Crippen molar-refractivity contribution in [3.63, 3.8) is 0 Å². The van der Waals surface area contributed by atoms with Crippen LogP contribution in [0.3, 0.4) is 0 Å². The van der Waals surface area contributed by atoms with Crippen LogP contribution < -0.4 is 10.6 Å². The fourth-order valence-electron chi connectivity index (χ4n) is 8.00. The summed E-state index contributed by atoms with van der Waals surface area (Å²) in [5.74, 6) is 0.195. The summed E-state index contributed by atoms with van der Waals surface area (Å²) in [6, 6.07) is 51.5. The van der Waals surface area contributed by atoms with Crippen molar-refractivity contribution in [1.29, 1.82) is 0 Å². The van der Waals surface area contributed by atoms with Crippen LogP contribution in [0.25, 0.3) is 45.3 Å². The molecule has 0 bridgehead atoms. The molecule has 2 amide bonds. The summed E-state index contributed by atoms with van der Waals surface area (Å²) in [4.78, 5) is 37.0. The second kappa shape index (κ2) is 21.8. The van der Waals surface area contributed by atoms with Crippen molar-refractivity contribution in [2.24, 2.45) is 0 Å². The Morgan fingerprint density at radius 1 is 0.523 bits per heavy atom. The van der Waals surface area contributed by atoms with Crippen LogP contribution in [0, 0.1) is 11.6 Å². The first-order valence-corrected chi connectivity index (χ1v) is 22.3. The summed E-state index contributed by atoms with van der Waals surface area (Å²) in [6.45, 7) is 9.16. The molecule has 8 nitrogen and oxygen atoms in total. The monoisotopic (exact) mass is 868 g/mol. The van der Waals surface area contributed by atoms with E-state index in [1.807, 2.05) is 151 Å². The number of hydrogen-bond donors (Lipinski definition) is 2. The average molecular weight is 869 g/mol. The third kappa shape index (κ3) is 10.8. The average Bonchev–Trinajstić information content (AvgIpc) is 3.94. The number of nitrogens with zero attached hydrogens (tertiary/aromatic N) is 4. The highest BCUT2D eigenvalue weighted by molar-refractivity contribution is 6.00. The normalized spacial score (nSPS) is 11.8. The maximum Gasteiger partial charge on any atom is 0.270 e. The molecule has 6 aromatic carbocycles. The van der Waals surface area contributed by atoms with Gasteiger partial charge in [-0.05, 0) is 62.6 Å². The highest BCUT2D eigenvalue weighted by Crippen LogP contribution is 2.33. The summed E-state index contributed by atoms with van der Waals surface area (Å²) >= 11 is 0. The number of halogens is 2. The van der Waals surface area contributed by atoms with Gasteiger partial charge >= 0.3 is 0 Å².